The van der Waals surface area contributed by atoms with Crippen LogP contribution in [0.4, 0.5) is 0 Å². The molecule has 0 spiro atoms. The molecule has 5 heteroatoms. The maximum Gasteiger partial charge on any atom is 0.139 e. The first-order valence-electron chi connectivity index (χ1n) is 6.47. The molecule has 21 heavy (non-hydrogen) atoms. The smallest absolute Gasteiger partial charge is 0.139 e. The van der Waals surface area contributed by atoms with Gasteiger partial charge in [0.1, 0.15) is 5.75 Å². The van der Waals surface area contributed by atoms with E-state index < -0.39 is 0 Å². The van der Waals surface area contributed by atoms with Crippen LogP contribution in [-0.4, -0.2) is 12.9 Å². The molecule has 0 heterocycles. The Bertz CT molecular complexity index is 634. The van der Waals surface area contributed by atoms with Gasteiger partial charge in [0, 0.05) is 16.0 Å². The fraction of sp³-hybridized carbons (Fsp3) is 0.250. The summed E-state index contributed by atoms with van der Waals surface area (Å²) in [6, 6.07) is 11.9. The average Bonchev–Trinajstić information content (AvgIpc) is 2.50. The minimum Gasteiger partial charge on any atom is -0.492 e. The number of ether oxygens (including phenoxy) is 1. The van der Waals surface area contributed by atoms with Crippen LogP contribution in [0.15, 0.2) is 41.3 Å². The Balaban J connectivity index is 2.44. The summed E-state index contributed by atoms with van der Waals surface area (Å²) in [5.74, 6) is 0.616. The number of hydrogen-bond acceptors (Lipinski definition) is 2. The predicted molar refractivity (Wildman–Crippen MR) is 96.6 cm³/mol. The molecule has 0 N–H and O–H groups in total. The summed E-state index contributed by atoms with van der Waals surface area (Å²) in [7, 11) is 0. The van der Waals surface area contributed by atoms with Crippen LogP contribution in [0.2, 0.25) is 10.0 Å². The number of rotatable bonds is 5. The van der Waals surface area contributed by atoms with Gasteiger partial charge in [-0.05, 0) is 36.4 Å². The van der Waals surface area contributed by atoms with E-state index >= 15 is 0 Å². The molecular formula is C16H15BrCl2OS. The molecule has 0 saturated heterocycles. The Morgan fingerprint density at radius 2 is 1.86 bits per heavy atom. The Morgan fingerprint density at radius 3 is 2.52 bits per heavy atom. The van der Waals surface area contributed by atoms with Crippen molar-refractivity contribution in [1.29, 1.82) is 0 Å². The van der Waals surface area contributed by atoms with Crippen molar-refractivity contribution in [3.8, 4) is 5.75 Å². The van der Waals surface area contributed by atoms with Gasteiger partial charge in [0.25, 0.3) is 0 Å². The van der Waals surface area contributed by atoms with E-state index in [-0.39, 0.29) is 4.83 Å². The normalized spacial score (nSPS) is 12.2. The second-order valence-electron chi connectivity index (χ2n) is 4.34. The Hall–Kier alpha value is -0.350. The second kappa shape index (κ2) is 7.77. The van der Waals surface area contributed by atoms with Gasteiger partial charge in [-0.1, -0.05) is 57.3 Å². The van der Waals surface area contributed by atoms with Crippen molar-refractivity contribution in [3.05, 3.63) is 57.6 Å². The van der Waals surface area contributed by atoms with Gasteiger partial charge in [-0.25, -0.2) is 0 Å². The van der Waals surface area contributed by atoms with Gasteiger partial charge in [0.05, 0.1) is 16.5 Å². The van der Waals surface area contributed by atoms with Crippen LogP contribution < -0.4 is 4.74 Å². The van der Waals surface area contributed by atoms with E-state index in [2.05, 4.69) is 34.3 Å². The number of halogens is 3. The topological polar surface area (TPSA) is 9.23 Å². The molecule has 0 saturated carbocycles. The van der Waals surface area contributed by atoms with Crippen LogP contribution in [0, 0.1) is 0 Å². The van der Waals surface area contributed by atoms with Crippen molar-refractivity contribution in [2.24, 2.45) is 0 Å². The first-order valence-corrected chi connectivity index (χ1v) is 9.36. The molecule has 0 radical (unpaired) electrons. The van der Waals surface area contributed by atoms with E-state index in [1.807, 2.05) is 25.1 Å². The van der Waals surface area contributed by atoms with Crippen molar-refractivity contribution < 1.29 is 4.74 Å². The van der Waals surface area contributed by atoms with E-state index in [1.165, 1.54) is 10.5 Å². The predicted octanol–water partition coefficient (Wildman–Crippen LogP) is 6.60. The van der Waals surface area contributed by atoms with Crippen LogP contribution in [-0.2, 0) is 0 Å². The SMILES string of the molecule is CCOc1cc(Cl)c(C(Br)c2ccccc2SC)cc1Cl. The van der Waals surface area contributed by atoms with Crippen molar-refractivity contribution in [1.82, 2.24) is 0 Å². The van der Waals surface area contributed by atoms with E-state index in [0.29, 0.717) is 22.4 Å². The maximum absolute atomic E-state index is 6.40. The third kappa shape index (κ3) is 3.89. The number of thioether (sulfide) groups is 1. The van der Waals surface area contributed by atoms with Crippen LogP contribution in [0.3, 0.4) is 0 Å². The Morgan fingerprint density at radius 1 is 1.14 bits per heavy atom. The third-order valence-corrected chi connectivity index (χ3v) is 5.46. The van der Waals surface area contributed by atoms with Gasteiger partial charge in [0.2, 0.25) is 0 Å². The highest BCUT2D eigenvalue weighted by Gasteiger charge is 2.19. The van der Waals surface area contributed by atoms with E-state index in [1.54, 1.807) is 17.8 Å². The molecule has 0 aliphatic carbocycles. The zero-order chi connectivity index (χ0) is 15.4. The molecule has 0 bridgehead atoms. The van der Waals surface area contributed by atoms with Crippen molar-refractivity contribution in [2.75, 3.05) is 12.9 Å². The lowest BCUT2D eigenvalue weighted by molar-refractivity contribution is 0.340. The molecule has 112 valence electrons. The number of benzene rings is 2. The van der Waals surface area contributed by atoms with E-state index in [0.717, 1.165) is 5.56 Å². The fourth-order valence-corrected chi connectivity index (χ4v) is 4.23. The molecule has 0 aliphatic heterocycles. The molecule has 0 fully saturated rings. The van der Waals surface area contributed by atoms with Gasteiger partial charge in [-0.15, -0.1) is 11.8 Å². The molecule has 1 unspecified atom stereocenters. The average molecular weight is 406 g/mol. The van der Waals surface area contributed by atoms with Crippen LogP contribution >= 0.6 is 50.9 Å². The van der Waals surface area contributed by atoms with Gasteiger partial charge in [-0.2, -0.15) is 0 Å². The summed E-state index contributed by atoms with van der Waals surface area (Å²) >= 11 is 18.1. The lowest BCUT2D eigenvalue weighted by Crippen LogP contribution is -1.98. The Labute approximate surface area is 148 Å². The van der Waals surface area contributed by atoms with Crippen LogP contribution in [0.1, 0.15) is 22.9 Å². The Kier molecular flexibility index (Phi) is 6.30. The largest absolute Gasteiger partial charge is 0.492 e. The summed E-state index contributed by atoms with van der Waals surface area (Å²) in [6.45, 7) is 2.47. The van der Waals surface area contributed by atoms with Gasteiger partial charge in [-0.3, -0.25) is 0 Å². The molecule has 1 nitrogen and oxygen atoms in total. The van der Waals surface area contributed by atoms with Gasteiger partial charge < -0.3 is 4.74 Å². The second-order valence-corrected chi connectivity index (χ2v) is 6.92. The summed E-state index contributed by atoms with van der Waals surface area (Å²) in [4.78, 5) is 1.20. The zero-order valence-corrected chi connectivity index (χ0v) is 15.6. The number of hydrogen-bond donors (Lipinski definition) is 0. The van der Waals surface area contributed by atoms with Crippen molar-refractivity contribution in [3.63, 3.8) is 0 Å². The minimum absolute atomic E-state index is 0.0122. The zero-order valence-electron chi connectivity index (χ0n) is 11.7. The number of alkyl halides is 1. The molecule has 0 aliphatic rings. The quantitative estimate of drug-likeness (QED) is 0.409. The highest BCUT2D eigenvalue weighted by atomic mass is 79.9. The lowest BCUT2D eigenvalue weighted by Gasteiger charge is -2.17. The molecule has 2 aromatic carbocycles. The van der Waals surface area contributed by atoms with Gasteiger partial charge >= 0.3 is 0 Å². The first-order chi connectivity index (χ1) is 10.1. The summed E-state index contributed by atoms with van der Waals surface area (Å²) in [5.41, 5.74) is 2.11. The lowest BCUT2D eigenvalue weighted by atomic mass is 10.0. The minimum atomic E-state index is -0.0122. The summed E-state index contributed by atoms with van der Waals surface area (Å²) in [6.07, 6.45) is 2.06. The standard InChI is InChI=1S/C16H15BrCl2OS/c1-3-20-14-9-12(18)11(8-13(14)19)16(17)10-6-4-5-7-15(10)21-2/h4-9,16H,3H2,1-2H3. The molecule has 0 aromatic heterocycles. The van der Waals surface area contributed by atoms with Crippen molar-refractivity contribution in [2.45, 2.75) is 16.6 Å². The highest BCUT2D eigenvalue weighted by Crippen LogP contribution is 2.42. The molecule has 0 amide bonds. The van der Waals surface area contributed by atoms with Crippen LogP contribution in [0.5, 0.6) is 5.75 Å². The molecule has 1 atom stereocenters. The summed E-state index contributed by atoms with van der Waals surface area (Å²) < 4.78 is 5.47. The third-order valence-electron chi connectivity index (χ3n) is 3.04. The fourth-order valence-electron chi connectivity index (χ4n) is 2.05. The first kappa shape index (κ1) is 17.0. The van der Waals surface area contributed by atoms with Crippen molar-refractivity contribution >= 4 is 50.9 Å². The highest BCUT2D eigenvalue weighted by molar-refractivity contribution is 9.09. The summed E-state index contributed by atoms with van der Waals surface area (Å²) in [5, 5.41) is 1.21. The van der Waals surface area contributed by atoms with Crippen LogP contribution in [0.25, 0.3) is 0 Å². The van der Waals surface area contributed by atoms with E-state index in [4.69, 9.17) is 27.9 Å². The maximum atomic E-state index is 6.40. The van der Waals surface area contributed by atoms with Gasteiger partial charge in [0.15, 0.2) is 0 Å². The van der Waals surface area contributed by atoms with E-state index in [9.17, 15) is 0 Å². The molecule has 2 aromatic rings. The monoisotopic (exact) mass is 404 g/mol. The molecular weight excluding hydrogens is 391 g/mol. The molecule has 2 rings (SSSR count).